The molecule has 1 unspecified atom stereocenters. The number of phenols is 1. The second-order valence-corrected chi connectivity index (χ2v) is 6.61. The molecule has 3 rings (SSSR count). The summed E-state index contributed by atoms with van der Waals surface area (Å²) >= 11 is 0. The number of halogens is 4. The second kappa shape index (κ2) is 7.09. The summed E-state index contributed by atoms with van der Waals surface area (Å²) in [7, 11) is 0. The van der Waals surface area contributed by atoms with Crippen LogP contribution in [0.3, 0.4) is 0 Å². The largest absolute Gasteiger partial charge is 0.504 e. The number of nitrogens with zero attached hydrogens (tertiary/aromatic N) is 2. The number of phenolic OH excluding ortho intramolecular Hbond substituents is 1. The monoisotopic (exact) mass is 406 g/mol. The number of benzene rings is 2. The van der Waals surface area contributed by atoms with Gasteiger partial charge in [-0.3, -0.25) is 10.2 Å². The number of hydrazone groups is 1. The molecule has 3 N–H and O–H groups in total. The van der Waals surface area contributed by atoms with Gasteiger partial charge in [0, 0.05) is 17.7 Å². The van der Waals surface area contributed by atoms with E-state index < -0.39 is 40.4 Å². The molecule has 0 radical (unpaired) electrons. The number of hydrogen-bond acceptors (Lipinski definition) is 4. The van der Waals surface area contributed by atoms with Crippen molar-refractivity contribution >= 4 is 23.0 Å². The number of rotatable bonds is 3. The Morgan fingerprint density at radius 1 is 1.34 bits per heavy atom. The molecule has 0 fully saturated rings. The average molecular weight is 406 g/mol. The van der Waals surface area contributed by atoms with Gasteiger partial charge in [-0.25, -0.2) is 9.24 Å². The van der Waals surface area contributed by atoms with Crippen LogP contribution in [0.15, 0.2) is 41.5 Å². The number of para-hydroxylation sites is 1. The molecule has 6 nitrogen and oxygen atoms in total. The van der Waals surface area contributed by atoms with E-state index in [-0.39, 0.29) is 23.4 Å². The summed E-state index contributed by atoms with van der Waals surface area (Å²) < 4.78 is 52.8. The maximum absolute atomic E-state index is 13.5. The van der Waals surface area contributed by atoms with Crippen molar-refractivity contribution in [2.75, 3.05) is 5.32 Å². The Kier molecular flexibility index (Phi) is 4.92. The smallest absolute Gasteiger partial charge is 0.407 e. The van der Waals surface area contributed by atoms with Gasteiger partial charge in [-0.05, 0) is 31.2 Å². The Labute approximate surface area is 162 Å². The van der Waals surface area contributed by atoms with Crippen LogP contribution in [-0.2, 0) is 11.0 Å². The Hall–Kier alpha value is -3.61. The lowest BCUT2D eigenvalue weighted by Gasteiger charge is -2.23. The Bertz CT molecular complexity index is 1060. The molecule has 0 spiro atoms. The van der Waals surface area contributed by atoms with Gasteiger partial charge < -0.3 is 10.4 Å². The topological polar surface area (TPSA) is 78.1 Å². The number of carbonyl (C=O) groups is 1. The fraction of sp³-hybridized carbons (Fsp3) is 0.211. The quantitative estimate of drug-likeness (QED) is 0.528. The van der Waals surface area contributed by atoms with Crippen molar-refractivity contribution in [3.8, 4) is 5.75 Å². The van der Waals surface area contributed by atoms with E-state index in [1.54, 1.807) is 0 Å². The second-order valence-electron chi connectivity index (χ2n) is 6.61. The predicted molar refractivity (Wildman–Crippen MR) is 97.1 cm³/mol. The maximum Gasteiger partial charge on any atom is 0.407 e. The Morgan fingerprint density at radius 2 is 2.07 bits per heavy atom. The normalized spacial score (nSPS) is 18.6. The van der Waals surface area contributed by atoms with Gasteiger partial charge in [0.2, 0.25) is 0 Å². The maximum atomic E-state index is 13.5. The van der Waals surface area contributed by atoms with Crippen molar-refractivity contribution in [3.63, 3.8) is 0 Å². The van der Waals surface area contributed by atoms with Crippen molar-refractivity contribution in [3.05, 3.63) is 64.8 Å². The SMILES string of the molecule is [C-]#[N+]c1ccc(NC(=O)C2(C)CC(c3cccc(F)c3O)=NN2)cc1C(F)(F)F. The molecule has 0 saturated heterocycles. The first-order valence-corrected chi connectivity index (χ1v) is 8.27. The molecule has 0 saturated carbocycles. The molecule has 10 heteroatoms. The van der Waals surface area contributed by atoms with Gasteiger partial charge >= 0.3 is 6.18 Å². The number of nitrogens with one attached hydrogen (secondary N) is 2. The molecule has 0 bridgehead atoms. The summed E-state index contributed by atoms with van der Waals surface area (Å²) in [6.45, 7) is 8.31. The highest BCUT2D eigenvalue weighted by molar-refractivity contribution is 6.10. The highest BCUT2D eigenvalue weighted by atomic mass is 19.4. The van der Waals surface area contributed by atoms with Crippen LogP contribution in [0.2, 0.25) is 0 Å². The molecular weight excluding hydrogens is 392 g/mol. The summed E-state index contributed by atoms with van der Waals surface area (Å²) in [6, 6.07) is 6.73. The minimum Gasteiger partial charge on any atom is -0.504 e. The van der Waals surface area contributed by atoms with E-state index in [0.29, 0.717) is 6.07 Å². The number of aromatic hydroxyl groups is 1. The van der Waals surface area contributed by atoms with Crippen molar-refractivity contribution in [1.82, 2.24) is 5.43 Å². The van der Waals surface area contributed by atoms with Crippen LogP contribution in [0.5, 0.6) is 5.75 Å². The highest BCUT2D eigenvalue weighted by Crippen LogP contribution is 2.38. The molecule has 2 aromatic rings. The minimum atomic E-state index is -4.75. The number of hydrogen-bond donors (Lipinski definition) is 3. The van der Waals surface area contributed by atoms with E-state index in [4.69, 9.17) is 6.57 Å². The van der Waals surface area contributed by atoms with Gasteiger partial charge in [-0.1, -0.05) is 12.1 Å². The number of alkyl halides is 3. The average Bonchev–Trinajstić information content (AvgIpc) is 3.06. The van der Waals surface area contributed by atoms with Gasteiger partial charge in [-0.2, -0.15) is 18.3 Å². The third kappa shape index (κ3) is 3.85. The molecule has 2 aromatic carbocycles. The van der Waals surface area contributed by atoms with E-state index >= 15 is 0 Å². The van der Waals surface area contributed by atoms with Crippen LogP contribution in [0, 0.1) is 12.4 Å². The Balaban J connectivity index is 1.80. The van der Waals surface area contributed by atoms with Crippen molar-refractivity contribution in [2.24, 2.45) is 5.10 Å². The van der Waals surface area contributed by atoms with Crippen molar-refractivity contribution in [2.45, 2.75) is 25.1 Å². The lowest BCUT2D eigenvalue weighted by molar-refractivity contribution is -0.136. The summed E-state index contributed by atoms with van der Waals surface area (Å²) in [5, 5.41) is 16.2. The van der Waals surface area contributed by atoms with Crippen LogP contribution in [0.1, 0.15) is 24.5 Å². The summed E-state index contributed by atoms with van der Waals surface area (Å²) in [5.74, 6) is -2.14. The van der Waals surface area contributed by atoms with E-state index in [9.17, 15) is 27.5 Å². The molecule has 150 valence electrons. The molecule has 29 heavy (non-hydrogen) atoms. The van der Waals surface area contributed by atoms with Crippen molar-refractivity contribution in [1.29, 1.82) is 0 Å². The molecule has 1 heterocycles. The Morgan fingerprint density at radius 3 is 2.72 bits per heavy atom. The van der Waals surface area contributed by atoms with Crippen LogP contribution in [0.25, 0.3) is 4.85 Å². The fourth-order valence-electron chi connectivity index (χ4n) is 2.85. The van der Waals surface area contributed by atoms with E-state index in [0.717, 1.165) is 12.1 Å². The van der Waals surface area contributed by atoms with Gasteiger partial charge in [0.1, 0.15) is 5.54 Å². The lowest BCUT2D eigenvalue weighted by atomic mass is 9.92. The standard InChI is InChI=1S/C19H14F4N4O2/c1-18(9-15(26-27-18)11-4-3-5-13(20)16(11)28)17(29)25-10-6-7-14(24-2)12(8-10)19(21,22)23/h3-8,27-28H,9H2,1H3,(H,25,29). The van der Waals surface area contributed by atoms with Crippen LogP contribution in [-0.4, -0.2) is 22.3 Å². The lowest BCUT2D eigenvalue weighted by Crippen LogP contribution is -2.47. The molecular formula is C19H14F4N4O2. The first-order valence-electron chi connectivity index (χ1n) is 8.27. The molecule has 0 aromatic heterocycles. The van der Waals surface area contributed by atoms with Crippen LogP contribution >= 0.6 is 0 Å². The van der Waals surface area contributed by atoms with Crippen molar-refractivity contribution < 1.29 is 27.5 Å². The van der Waals surface area contributed by atoms with Crippen LogP contribution < -0.4 is 10.7 Å². The molecule has 1 atom stereocenters. The van der Waals surface area contributed by atoms with Gasteiger partial charge in [0.15, 0.2) is 17.3 Å². The van der Waals surface area contributed by atoms with Gasteiger partial charge in [-0.15, -0.1) is 0 Å². The van der Waals surface area contributed by atoms with Gasteiger partial charge in [0.05, 0.1) is 17.8 Å². The summed E-state index contributed by atoms with van der Waals surface area (Å²) in [6.07, 6.45) is -4.79. The molecule has 1 aliphatic heterocycles. The minimum absolute atomic E-state index is 0.0396. The third-order valence-corrected chi connectivity index (χ3v) is 4.44. The highest BCUT2D eigenvalue weighted by Gasteiger charge is 2.40. The number of carbonyl (C=O) groups excluding carboxylic acids is 1. The summed E-state index contributed by atoms with van der Waals surface area (Å²) in [5.41, 5.74) is -0.299. The zero-order chi connectivity index (χ0) is 21.4. The summed E-state index contributed by atoms with van der Waals surface area (Å²) in [4.78, 5) is 15.5. The molecule has 1 amide bonds. The zero-order valence-electron chi connectivity index (χ0n) is 14.9. The number of anilines is 1. The number of amides is 1. The van der Waals surface area contributed by atoms with Gasteiger partial charge in [0.25, 0.3) is 5.91 Å². The first kappa shape index (κ1) is 20.1. The zero-order valence-corrected chi connectivity index (χ0v) is 14.9. The first-order chi connectivity index (χ1) is 13.5. The van der Waals surface area contributed by atoms with E-state index in [1.807, 2.05) is 0 Å². The molecule has 0 aliphatic carbocycles. The van der Waals surface area contributed by atoms with Crippen LogP contribution in [0.4, 0.5) is 28.9 Å². The predicted octanol–water partition coefficient (Wildman–Crippen LogP) is 4.20. The molecule has 1 aliphatic rings. The van der Waals surface area contributed by atoms with E-state index in [1.165, 1.54) is 25.1 Å². The third-order valence-electron chi connectivity index (χ3n) is 4.44. The van der Waals surface area contributed by atoms with E-state index in [2.05, 4.69) is 20.7 Å². The fourth-order valence-corrected chi connectivity index (χ4v) is 2.85.